The molecule has 1 fully saturated rings. The van der Waals surface area contributed by atoms with E-state index < -0.39 is 0 Å². The second kappa shape index (κ2) is 8.49. The molecule has 0 saturated carbocycles. The van der Waals surface area contributed by atoms with Gasteiger partial charge in [0.1, 0.15) is 12.4 Å². The average Bonchev–Trinajstić information content (AvgIpc) is 3.16. The van der Waals surface area contributed by atoms with Crippen molar-refractivity contribution in [1.29, 1.82) is 0 Å². The molecule has 154 valence electrons. The Bertz CT molecular complexity index is 1010. The largest absolute Gasteiger partial charge is 0.447 e. The molecular formula is C23H25N5O2. The van der Waals surface area contributed by atoms with Gasteiger partial charge >= 0.3 is 6.09 Å². The third-order valence-corrected chi connectivity index (χ3v) is 5.31. The number of benzene rings is 1. The number of nitrogens with zero attached hydrogens (tertiary/aromatic N) is 4. The van der Waals surface area contributed by atoms with Crippen molar-refractivity contribution >= 4 is 17.9 Å². The fraction of sp³-hybridized carbons (Fsp3) is 0.304. The van der Waals surface area contributed by atoms with Crippen molar-refractivity contribution < 1.29 is 9.53 Å². The Morgan fingerprint density at radius 3 is 2.57 bits per heavy atom. The van der Waals surface area contributed by atoms with Gasteiger partial charge in [-0.3, -0.25) is 9.88 Å². The van der Waals surface area contributed by atoms with Crippen LogP contribution in [0.4, 0.5) is 16.6 Å². The van der Waals surface area contributed by atoms with Gasteiger partial charge in [-0.15, -0.1) is 0 Å². The van der Waals surface area contributed by atoms with E-state index in [1.54, 1.807) is 23.4 Å². The van der Waals surface area contributed by atoms with E-state index in [0.717, 1.165) is 16.7 Å². The van der Waals surface area contributed by atoms with Crippen LogP contribution in [0.5, 0.6) is 0 Å². The first-order valence-corrected chi connectivity index (χ1v) is 10.1. The third kappa shape index (κ3) is 4.10. The van der Waals surface area contributed by atoms with Crippen LogP contribution in [0.25, 0.3) is 11.1 Å². The molecule has 2 aromatic heterocycles. The molecule has 0 aliphatic carbocycles. The first kappa shape index (κ1) is 19.8. The summed E-state index contributed by atoms with van der Waals surface area (Å²) in [4.78, 5) is 26.9. The van der Waals surface area contributed by atoms with Gasteiger partial charge in [-0.1, -0.05) is 44.2 Å². The summed E-state index contributed by atoms with van der Waals surface area (Å²) < 4.78 is 5.23. The minimum absolute atomic E-state index is 0.00498. The van der Waals surface area contributed by atoms with Crippen molar-refractivity contribution in [2.45, 2.75) is 32.9 Å². The van der Waals surface area contributed by atoms with Crippen molar-refractivity contribution in [3.8, 4) is 11.1 Å². The minimum Gasteiger partial charge on any atom is -0.447 e. The Balaban J connectivity index is 1.49. The fourth-order valence-electron chi connectivity index (χ4n) is 3.52. The predicted molar refractivity (Wildman–Crippen MR) is 116 cm³/mol. The van der Waals surface area contributed by atoms with Gasteiger partial charge in [0.05, 0.1) is 12.1 Å². The number of ether oxygens (including phenoxy) is 1. The van der Waals surface area contributed by atoms with Crippen LogP contribution in [0.1, 0.15) is 32.4 Å². The number of carbonyl (C=O) groups excluding carboxylic acids is 1. The molecule has 3 heterocycles. The number of rotatable bonds is 6. The monoisotopic (exact) mass is 403 g/mol. The van der Waals surface area contributed by atoms with Crippen LogP contribution >= 0.6 is 0 Å². The van der Waals surface area contributed by atoms with Crippen molar-refractivity contribution in [3.05, 3.63) is 66.6 Å². The van der Waals surface area contributed by atoms with E-state index in [0.29, 0.717) is 18.4 Å². The molecule has 2 atom stereocenters. The van der Waals surface area contributed by atoms with E-state index in [2.05, 4.69) is 65.3 Å². The Morgan fingerprint density at radius 2 is 1.87 bits per heavy atom. The lowest BCUT2D eigenvalue weighted by Gasteiger charge is -2.23. The number of anilines is 2. The molecule has 1 saturated heterocycles. The van der Waals surface area contributed by atoms with Crippen molar-refractivity contribution in [3.63, 3.8) is 0 Å². The number of cyclic esters (lactones) is 1. The van der Waals surface area contributed by atoms with E-state index in [4.69, 9.17) is 4.74 Å². The first-order chi connectivity index (χ1) is 14.5. The van der Waals surface area contributed by atoms with Crippen LogP contribution in [0.15, 0.2) is 61.1 Å². The standard InChI is InChI=1S/C23H25N5O2/c1-15(2)20-14-30-23(29)28(20)21-10-12-25-22(27-21)26-16(3)17-6-8-18(9-7-17)19-5-4-11-24-13-19/h4-13,15-16,20H,14H2,1-3H3,(H,25,26,27)/t16-,20?/m0/s1. The Hall–Kier alpha value is -3.48. The van der Waals surface area contributed by atoms with Gasteiger partial charge < -0.3 is 10.1 Å². The summed E-state index contributed by atoms with van der Waals surface area (Å²) in [5.74, 6) is 1.28. The molecule has 1 aromatic carbocycles. The lowest BCUT2D eigenvalue weighted by molar-refractivity contribution is 0.177. The van der Waals surface area contributed by atoms with Crippen molar-refractivity contribution in [1.82, 2.24) is 15.0 Å². The molecular weight excluding hydrogens is 378 g/mol. The van der Waals surface area contributed by atoms with E-state index >= 15 is 0 Å². The molecule has 7 nitrogen and oxygen atoms in total. The Labute approximate surface area is 176 Å². The molecule has 1 N–H and O–H groups in total. The molecule has 0 radical (unpaired) electrons. The molecule has 30 heavy (non-hydrogen) atoms. The summed E-state index contributed by atoms with van der Waals surface area (Å²) in [5.41, 5.74) is 3.31. The smallest absolute Gasteiger partial charge is 0.415 e. The number of amides is 1. The highest BCUT2D eigenvalue weighted by molar-refractivity contribution is 5.89. The molecule has 0 bridgehead atoms. The molecule has 3 aromatic rings. The molecule has 1 aliphatic rings. The van der Waals surface area contributed by atoms with Gasteiger partial charge in [-0.05, 0) is 41.7 Å². The topological polar surface area (TPSA) is 80.2 Å². The Kier molecular flexibility index (Phi) is 5.61. The van der Waals surface area contributed by atoms with Gasteiger partial charge in [-0.2, -0.15) is 4.98 Å². The molecule has 7 heteroatoms. The number of carbonyl (C=O) groups is 1. The highest BCUT2D eigenvalue weighted by atomic mass is 16.6. The number of hydrogen-bond acceptors (Lipinski definition) is 6. The minimum atomic E-state index is -0.364. The molecule has 0 spiro atoms. The van der Waals surface area contributed by atoms with E-state index in [-0.39, 0.29) is 24.1 Å². The zero-order chi connectivity index (χ0) is 21.1. The van der Waals surface area contributed by atoms with E-state index in [1.165, 1.54) is 0 Å². The Morgan fingerprint density at radius 1 is 1.07 bits per heavy atom. The number of aromatic nitrogens is 3. The summed E-state index contributed by atoms with van der Waals surface area (Å²) in [6.45, 7) is 6.56. The summed E-state index contributed by atoms with van der Waals surface area (Å²) in [6.07, 6.45) is 4.91. The second-order valence-electron chi connectivity index (χ2n) is 7.73. The van der Waals surface area contributed by atoms with Gasteiger partial charge in [0.15, 0.2) is 0 Å². The van der Waals surface area contributed by atoms with Gasteiger partial charge in [0.25, 0.3) is 0 Å². The van der Waals surface area contributed by atoms with Crippen LogP contribution in [0.2, 0.25) is 0 Å². The van der Waals surface area contributed by atoms with Crippen LogP contribution in [-0.2, 0) is 4.74 Å². The highest BCUT2D eigenvalue weighted by Gasteiger charge is 2.37. The quantitative estimate of drug-likeness (QED) is 0.643. The van der Waals surface area contributed by atoms with Gasteiger partial charge in [0, 0.05) is 18.6 Å². The maximum atomic E-state index is 12.2. The van der Waals surface area contributed by atoms with Crippen molar-refractivity contribution in [2.24, 2.45) is 5.92 Å². The highest BCUT2D eigenvalue weighted by Crippen LogP contribution is 2.27. The fourth-order valence-corrected chi connectivity index (χ4v) is 3.52. The summed E-state index contributed by atoms with van der Waals surface area (Å²) in [6, 6.07) is 14.0. The van der Waals surface area contributed by atoms with E-state index in [1.807, 2.05) is 18.3 Å². The molecule has 1 aliphatic heterocycles. The number of pyridine rings is 1. The number of nitrogens with one attached hydrogen (secondary N) is 1. The van der Waals surface area contributed by atoms with Crippen LogP contribution in [0, 0.1) is 5.92 Å². The average molecular weight is 403 g/mol. The zero-order valence-electron chi connectivity index (χ0n) is 17.3. The molecule has 1 unspecified atom stereocenters. The van der Waals surface area contributed by atoms with Crippen LogP contribution < -0.4 is 10.2 Å². The maximum Gasteiger partial charge on any atom is 0.415 e. The van der Waals surface area contributed by atoms with Gasteiger partial charge in [0.2, 0.25) is 5.95 Å². The number of hydrogen-bond donors (Lipinski definition) is 1. The van der Waals surface area contributed by atoms with E-state index in [9.17, 15) is 4.79 Å². The molecule has 4 rings (SSSR count). The normalized spacial score (nSPS) is 17.1. The maximum absolute atomic E-state index is 12.2. The lowest BCUT2D eigenvalue weighted by atomic mass is 10.0. The van der Waals surface area contributed by atoms with Crippen molar-refractivity contribution in [2.75, 3.05) is 16.8 Å². The summed E-state index contributed by atoms with van der Waals surface area (Å²) in [7, 11) is 0. The SMILES string of the molecule is CC(C)C1COC(=O)N1c1ccnc(N[C@@H](C)c2ccc(-c3cccnc3)cc2)n1. The van der Waals surface area contributed by atoms with Gasteiger partial charge in [-0.25, -0.2) is 9.78 Å². The second-order valence-corrected chi connectivity index (χ2v) is 7.73. The lowest BCUT2D eigenvalue weighted by Crippen LogP contribution is -2.37. The van der Waals surface area contributed by atoms with Crippen LogP contribution in [-0.4, -0.2) is 33.7 Å². The third-order valence-electron chi connectivity index (χ3n) is 5.31. The predicted octanol–water partition coefficient (Wildman–Crippen LogP) is 4.69. The zero-order valence-corrected chi connectivity index (χ0v) is 17.3. The first-order valence-electron chi connectivity index (χ1n) is 10.1. The summed E-state index contributed by atoms with van der Waals surface area (Å²) in [5, 5.41) is 3.33. The summed E-state index contributed by atoms with van der Waals surface area (Å²) >= 11 is 0. The van der Waals surface area contributed by atoms with Crippen LogP contribution in [0.3, 0.4) is 0 Å². The molecule has 1 amide bonds.